The Labute approximate surface area is 133 Å². The van der Waals surface area contributed by atoms with Crippen LogP contribution in [0.3, 0.4) is 0 Å². The first-order valence-electron chi connectivity index (χ1n) is 6.88. The molecule has 0 saturated carbocycles. The van der Waals surface area contributed by atoms with Crippen LogP contribution in [0.5, 0.6) is 11.5 Å². The summed E-state index contributed by atoms with van der Waals surface area (Å²) in [5, 5.41) is 10.0. The van der Waals surface area contributed by atoms with Crippen LogP contribution in [0.15, 0.2) is 46.9 Å². The van der Waals surface area contributed by atoms with E-state index in [0.717, 1.165) is 27.1 Å². The lowest BCUT2D eigenvalue weighted by Crippen LogP contribution is -2.02. The average molecular weight is 351 g/mol. The van der Waals surface area contributed by atoms with E-state index in [2.05, 4.69) is 15.9 Å². The molecule has 1 N–H and O–H groups in total. The zero-order valence-corrected chi connectivity index (χ0v) is 13.8. The molecule has 0 fully saturated rings. The van der Waals surface area contributed by atoms with Gasteiger partial charge in [-0.3, -0.25) is 0 Å². The second-order valence-electron chi connectivity index (χ2n) is 4.72. The molecule has 1 atom stereocenters. The van der Waals surface area contributed by atoms with Crippen LogP contribution in [0.1, 0.15) is 30.6 Å². The van der Waals surface area contributed by atoms with E-state index >= 15 is 0 Å². The van der Waals surface area contributed by atoms with Gasteiger partial charge in [-0.15, -0.1) is 0 Å². The minimum Gasteiger partial charge on any atom is -0.496 e. The van der Waals surface area contributed by atoms with E-state index in [-0.39, 0.29) is 0 Å². The Balaban J connectivity index is 2.11. The Bertz CT molecular complexity index is 598. The summed E-state index contributed by atoms with van der Waals surface area (Å²) in [5.41, 5.74) is 1.86. The van der Waals surface area contributed by atoms with E-state index in [4.69, 9.17) is 9.47 Å². The molecule has 0 bridgehead atoms. The predicted molar refractivity (Wildman–Crippen MR) is 86.7 cm³/mol. The molecule has 0 saturated heterocycles. The Morgan fingerprint density at radius 1 is 1.14 bits per heavy atom. The molecule has 0 radical (unpaired) electrons. The van der Waals surface area contributed by atoms with Crippen LogP contribution < -0.4 is 9.47 Å². The fraction of sp³-hybridized carbons (Fsp3) is 0.294. The third-order valence-corrected chi connectivity index (χ3v) is 3.89. The number of hydrogen-bond donors (Lipinski definition) is 1. The second kappa shape index (κ2) is 7.48. The summed E-state index contributed by atoms with van der Waals surface area (Å²) in [6.45, 7) is 2.39. The van der Waals surface area contributed by atoms with Crippen molar-refractivity contribution in [2.24, 2.45) is 0 Å². The number of aliphatic hydroxyl groups is 1. The molecule has 2 rings (SSSR count). The quantitative estimate of drug-likeness (QED) is 0.834. The van der Waals surface area contributed by atoms with E-state index < -0.39 is 6.10 Å². The van der Waals surface area contributed by atoms with E-state index in [1.54, 1.807) is 7.11 Å². The van der Waals surface area contributed by atoms with Crippen LogP contribution in [0.25, 0.3) is 0 Å². The minimum atomic E-state index is -0.496. The lowest BCUT2D eigenvalue weighted by molar-refractivity contribution is 0.166. The van der Waals surface area contributed by atoms with Gasteiger partial charge in [0.15, 0.2) is 0 Å². The number of halogens is 1. The largest absolute Gasteiger partial charge is 0.496 e. The molecule has 4 heteroatoms. The van der Waals surface area contributed by atoms with Crippen molar-refractivity contribution in [2.75, 3.05) is 7.11 Å². The monoisotopic (exact) mass is 350 g/mol. The number of ether oxygens (including phenoxy) is 2. The molecule has 3 nitrogen and oxygen atoms in total. The van der Waals surface area contributed by atoms with Crippen molar-refractivity contribution in [3.63, 3.8) is 0 Å². The summed E-state index contributed by atoms with van der Waals surface area (Å²) in [7, 11) is 1.64. The van der Waals surface area contributed by atoms with Crippen molar-refractivity contribution in [2.45, 2.75) is 26.1 Å². The van der Waals surface area contributed by atoms with Crippen LogP contribution in [-0.4, -0.2) is 12.2 Å². The summed E-state index contributed by atoms with van der Waals surface area (Å²) in [6, 6.07) is 13.4. The van der Waals surface area contributed by atoms with Crippen molar-refractivity contribution in [1.82, 2.24) is 0 Å². The van der Waals surface area contributed by atoms with Gasteiger partial charge in [0.2, 0.25) is 0 Å². The Hall–Kier alpha value is -1.52. The molecule has 0 aromatic heterocycles. The highest BCUT2D eigenvalue weighted by Gasteiger charge is 2.11. The molecule has 0 aliphatic carbocycles. The molecule has 0 aliphatic rings. The normalized spacial score (nSPS) is 12.0. The lowest BCUT2D eigenvalue weighted by atomic mass is 10.1. The van der Waals surface area contributed by atoms with E-state index in [9.17, 15) is 5.11 Å². The van der Waals surface area contributed by atoms with Crippen LogP contribution >= 0.6 is 15.9 Å². The van der Waals surface area contributed by atoms with Gasteiger partial charge in [-0.1, -0.05) is 31.2 Å². The SMILES string of the molecule is CC[C@H](O)c1ccccc1OCc1ccc(OC)c(Br)c1. The first kappa shape index (κ1) is 15.9. The third-order valence-electron chi connectivity index (χ3n) is 3.28. The van der Waals surface area contributed by atoms with Gasteiger partial charge in [0, 0.05) is 5.56 Å². The van der Waals surface area contributed by atoms with Crippen molar-refractivity contribution in [3.05, 3.63) is 58.1 Å². The molecule has 0 unspecified atom stereocenters. The molecule has 112 valence electrons. The van der Waals surface area contributed by atoms with Gasteiger partial charge in [0.05, 0.1) is 17.7 Å². The van der Waals surface area contributed by atoms with Gasteiger partial charge in [0.25, 0.3) is 0 Å². The summed E-state index contributed by atoms with van der Waals surface area (Å²) >= 11 is 3.46. The van der Waals surface area contributed by atoms with Crippen LogP contribution in [0.4, 0.5) is 0 Å². The third kappa shape index (κ3) is 3.99. The standard InChI is InChI=1S/C17H19BrO3/c1-3-15(19)13-6-4-5-7-16(13)21-11-12-8-9-17(20-2)14(18)10-12/h4-10,15,19H,3,11H2,1-2H3/t15-/m0/s1. The number of benzene rings is 2. The molecule has 0 amide bonds. The molecule has 2 aromatic carbocycles. The Morgan fingerprint density at radius 3 is 2.57 bits per heavy atom. The second-order valence-corrected chi connectivity index (χ2v) is 5.57. The van der Waals surface area contributed by atoms with Gasteiger partial charge in [-0.2, -0.15) is 0 Å². The number of aliphatic hydroxyl groups excluding tert-OH is 1. The van der Waals surface area contributed by atoms with Crippen molar-refractivity contribution >= 4 is 15.9 Å². The first-order chi connectivity index (χ1) is 10.2. The fourth-order valence-corrected chi connectivity index (χ4v) is 2.66. The number of rotatable bonds is 6. The van der Waals surface area contributed by atoms with Crippen molar-refractivity contribution in [3.8, 4) is 11.5 Å². The fourth-order valence-electron chi connectivity index (χ4n) is 2.07. The molecule has 2 aromatic rings. The van der Waals surface area contributed by atoms with Crippen molar-refractivity contribution in [1.29, 1.82) is 0 Å². The lowest BCUT2D eigenvalue weighted by Gasteiger charge is -2.15. The highest BCUT2D eigenvalue weighted by molar-refractivity contribution is 9.10. The van der Waals surface area contributed by atoms with Gasteiger partial charge < -0.3 is 14.6 Å². The van der Waals surface area contributed by atoms with Crippen molar-refractivity contribution < 1.29 is 14.6 Å². The number of para-hydroxylation sites is 1. The van der Waals surface area contributed by atoms with Gasteiger partial charge >= 0.3 is 0 Å². The maximum Gasteiger partial charge on any atom is 0.133 e. The molecule has 0 spiro atoms. The van der Waals surface area contributed by atoms with E-state index in [1.165, 1.54) is 0 Å². The topological polar surface area (TPSA) is 38.7 Å². The molecule has 0 aliphatic heterocycles. The average Bonchev–Trinajstić information content (AvgIpc) is 2.52. The highest BCUT2D eigenvalue weighted by Crippen LogP contribution is 2.29. The smallest absolute Gasteiger partial charge is 0.133 e. The van der Waals surface area contributed by atoms with E-state index in [1.807, 2.05) is 49.4 Å². The Kier molecular flexibility index (Phi) is 5.65. The zero-order valence-electron chi connectivity index (χ0n) is 12.2. The van der Waals surface area contributed by atoms with Gasteiger partial charge in [-0.25, -0.2) is 0 Å². The van der Waals surface area contributed by atoms with Gasteiger partial charge in [-0.05, 0) is 46.1 Å². The molecule has 0 heterocycles. The number of hydrogen-bond acceptors (Lipinski definition) is 3. The highest BCUT2D eigenvalue weighted by atomic mass is 79.9. The Morgan fingerprint density at radius 2 is 1.90 bits per heavy atom. The minimum absolute atomic E-state index is 0.441. The summed E-state index contributed by atoms with van der Waals surface area (Å²) in [5.74, 6) is 1.51. The maximum atomic E-state index is 10.0. The van der Waals surface area contributed by atoms with Gasteiger partial charge in [0.1, 0.15) is 18.1 Å². The molecular formula is C17H19BrO3. The van der Waals surface area contributed by atoms with Crippen LogP contribution in [-0.2, 0) is 6.61 Å². The number of methoxy groups -OCH3 is 1. The van der Waals surface area contributed by atoms with Crippen LogP contribution in [0.2, 0.25) is 0 Å². The van der Waals surface area contributed by atoms with E-state index in [0.29, 0.717) is 13.0 Å². The predicted octanol–water partition coefficient (Wildman–Crippen LogP) is 4.48. The first-order valence-corrected chi connectivity index (χ1v) is 7.67. The van der Waals surface area contributed by atoms with Crippen LogP contribution in [0, 0.1) is 0 Å². The summed E-state index contributed by atoms with van der Waals surface area (Å²) in [4.78, 5) is 0. The summed E-state index contributed by atoms with van der Waals surface area (Å²) in [6.07, 6.45) is 0.165. The molecule has 21 heavy (non-hydrogen) atoms. The molecular weight excluding hydrogens is 332 g/mol. The maximum absolute atomic E-state index is 10.0. The summed E-state index contributed by atoms with van der Waals surface area (Å²) < 4.78 is 12.0. The zero-order chi connectivity index (χ0) is 15.2.